The van der Waals surface area contributed by atoms with Gasteiger partial charge >= 0.3 is 6.18 Å². The summed E-state index contributed by atoms with van der Waals surface area (Å²) in [4.78, 5) is 19.2. The Labute approximate surface area is 191 Å². The minimum Gasteiger partial charge on any atom is -0.497 e. The van der Waals surface area contributed by atoms with Crippen molar-refractivity contribution < 1.29 is 27.2 Å². The monoisotopic (exact) mass is 471 g/mol. The minimum atomic E-state index is -4.71. The zero-order valence-corrected chi connectivity index (χ0v) is 18.3. The van der Waals surface area contributed by atoms with Crippen LogP contribution < -0.4 is 4.74 Å². The molecular formula is C23H20F3N5O3. The van der Waals surface area contributed by atoms with Gasteiger partial charge in [0, 0.05) is 24.2 Å². The van der Waals surface area contributed by atoms with E-state index in [1.165, 1.54) is 13.2 Å². The van der Waals surface area contributed by atoms with E-state index in [4.69, 9.17) is 9.26 Å². The number of fused-ring (bicyclic) bond motifs is 1. The van der Waals surface area contributed by atoms with Gasteiger partial charge in [-0.05, 0) is 38.0 Å². The van der Waals surface area contributed by atoms with E-state index in [9.17, 15) is 18.0 Å². The standard InChI is InChI=1S/C23H20F3N5O3/c1-13-9-17(29-34-13)19-7-4-8-30(19)22(32)18-12-21-27-16(14-5-3-6-15(10-14)33-2)11-20(23(24,25)26)31(21)28-18/h3,5-6,9-12,19H,4,7-8H2,1-2H3/t19-/m1/s1. The van der Waals surface area contributed by atoms with E-state index in [2.05, 4.69) is 15.2 Å². The van der Waals surface area contributed by atoms with Crippen LogP contribution in [0.3, 0.4) is 0 Å². The van der Waals surface area contributed by atoms with Crippen LogP contribution in [0.4, 0.5) is 13.2 Å². The predicted molar refractivity (Wildman–Crippen MR) is 114 cm³/mol. The van der Waals surface area contributed by atoms with Crippen molar-refractivity contribution in [1.82, 2.24) is 24.7 Å². The zero-order chi connectivity index (χ0) is 24.0. The molecule has 1 aromatic carbocycles. The van der Waals surface area contributed by atoms with Gasteiger partial charge in [-0.15, -0.1) is 0 Å². The maximum atomic E-state index is 13.9. The van der Waals surface area contributed by atoms with E-state index in [1.54, 1.807) is 42.2 Å². The molecule has 8 nitrogen and oxygen atoms in total. The third-order valence-electron chi connectivity index (χ3n) is 5.80. The fraction of sp³-hybridized carbons (Fsp3) is 0.304. The molecule has 0 unspecified atom stereocenters. The van der Waals surface area contributed by atoms with Gasteiger partial charge < -0.3 is 14.2 Å². The first kappa shape index (κ1) is 21.9. The number of alkyl halides is 3. The summed E-state index contributed by atoms with van der Waals surface area (Å²) in [7, 11) is 1.47. The molecule has 1 atom stereocenters. The number of nitrogens with zero attached hydrogens (tertiary/aromatic N) is 5. The summed E-state index contributed by atoms with van der Waals surface area (Å²) in [5, 5.41) is 8.01. The van der Waals surface area contributed by atoms with Crippen LogP contribution in [0.2, 0.25) is 0 Å². The summed E-state index contributed by atoms with van der Waals surface area (Å²) < 4.78 is 52.8. The Kier molecular flexibility index (Phi) is 5.26. The maximum absolute atomic E-state index is 13.9. The second-order valence-electron chi connectivity index (χ2n) is 8.07. The molecule has 0 bridgehead atoms. The van der Waals surface area contributed by atoms with E-state index in [0.29, 0.717) is 40.2 Å². The van der Waals surface area contributed by atoms with E-state index < -0.39 is 17.8 Å². The normalized spacial score (nSPS) is 16.4. The average Bonchev–Trinajstić information content (AvgIpc) is 3.56. The number of rotatable bonds is 4. The fourth-order valence-corrected chi connectivity index (χ4v) is 4.22. The smallest absolute Gasteiger partial charge is 0.433 e. The Balaban J connectivity index is 1.57. The third-order valence-corrected chi connectivity index (χ3v) is 5.80. The van der Waals surface area contributed by atoms with Crippen LogP contribution in [-0.4, -0.2) is 44.2 Å². The summed E-state index contributed by atoms with van der Waals surface area (Å²) >= 11 is 0. The molecule has 5 rings (SSSR count). The molecular weight excluding hydrogens is 451 g/mol. The second kappa shape index (κ2) is 8.15. The Hall–Kier alpha value is -3.89. The quantitative estimate of drug-likeness (QED) is 0.429. The van der Waals surface area contributed by atoms with Gasteiger partial charge in [0.25, 0.3) is 5.91 Å². The van der Waals surface area contributed by atoms with Gasteiger partial charge in [0.05, 0.1) is 18.8 Å². The van der Waals surface area contributed by atoms with Crippen molar-refractivity contribution in [2.24, 2.45) is 0 Å². The molecule has 1 amide bonds. The third kappa shape index (κ3) is 3.87. The summed E-state index contributed by atoms with van der Waals surface area (Å²) in [6, 6.07) is 10.2. The van der Waals surface area contributed by atoms with Crippen LogP contribution in [0.25, 0.3) is 16.9 Å². The van der Waals surface area contributed by atoms with Crippen molar-refractivity contribution in [3.05, 3.63) is 65.3 Å². The zero-order valence-electron chi connectivity index (χ0n) is 18.3. The minimum absolute atomic E-state index is 0.0796. The molecule has 0 aliphatic carbocycles. The van der Waals surface area contributed by atoms with Crippen LogP contribution in [0, 0.1) is 6.92 Å². The van der Waals surface area contributed by atoms with Gasteiger partial charge in [-0.1, -0.05) is 17.3 Å². The topological polar surface area (TPSA) is 85.8 Å². The molecule has 0 N–H and O–H groups in total. The Morgan fingerprint density at radius 2 is 2.03 bits per heavy atom. The Morgan fingerprint density at radius 3 is 2.74 bits per heavy atom. The first-order chi connectivity index (χ1) is 16.2. The molecule has 1 aliphatic heterocycles. The van der Waals surface area contributed by atoms with Crippen LogP contribution in [0.1, 0.15) is 46.5 Å². The predicted octanol–water partition coefficient (Wildman–Crippen LogP) is 4.70. The van der Waals surface area contributed by atoms with Crippen molar-refractivity contribution in [1.29, 1.82) is 0 Å². The number of halogens is 3. The maximum Gasteiger partial charge on any atom is 0.433 e. The molecule has 11 heteroatoms. The van der Waals surface area contributed by atoms with Gasteiger partial charge in [0.1, 0.15) is 17.2 Å². The molecule has 1 saturated heterocycles. The van der Waals surface area contributed by atoms with E-state index >= 15 is 0 Å². The SMILES string of the molecule is COc1cccc(-c2cc(C(F)(F)F)n3nc(C(=O)N4CCC[C@@H]4c4cc(C)on4)cc3n2)c1. The lowest BCUT2D eigenvalue weighted by Gasteiger charge is -2.21. The van der Waals surface area contributed by atoms with Crippen molar-refractivity contribution in [3.63, 3.8) is 0 Å². The summed E-state index contributed by atoms with van der Waals surface area (Å²) in [6.07, 6.45) is -3.30. The first-order valence-corrected chi connectivity index (χ1v) is 10.6. The number of carbonyl (C=O) groups excluding carboxylic acids is 1. The lowest BCUT2D eigenvalue weighted by molar-refractivity contribution is -0.142. The molecule has 4 aromatic rings. The van der Waals surface area contributed by atoms with E-state index in [-0.39, 0.29) is 23.1 Å². The molecule has 4 heterocycles. The van der Waals surface area contributed by atoms with Crippen LogP contribution in [0.5, 0.6) is 5.75 Å². The molecule has 34 heavy (non-hydrogen) atoms. The van der Waals surface area contributed by atoms with Crippen molar-refractivity contribution >= 4 is 11.6 Å². The molecule has 1 fully saturated rings. The number of carbonyl (C=O) groups is 1. The second-order valence-corrected chi connectivity index (χ2v) is 8.07. The van der Waals surface area contributed by atoms with Crippen LogP contribution in [0.15, 0.2) is 47.0 Å². The highest BCUT2D eigenvalue weighted by molar-refractivity contribution is 5.94. The molecule has 1 aliphatic rings. The first-order valence-electron chi connectivity index (χ1n) is 10.6. The molecule has 0 saturated carbocycles. The number of likely N-dealkylation sites (tertiary alicyclic amines) is 1. The van der Waals surface area contributed by atoms with E-state index in [0.717, 1.165) is 12.5 Å². The molecule has 0 spiro atoms. The summed E-state index contributed by atoms with van der Waals surface area (Å²) in [5.41, 5.74) is -0.0740. The lowest BCUT2D eigenvalue weighted by Crippen LogP contribution is -2.31. The fourth-order valence-electron chi connectivity index (χ4n) is 4.22. The lowest BCUT2D eigenvalue weighted by atomic mass is 10.1. The van der Waals surface area contributed by atoms with Gasteiger partial charge in [-0.3, -0.25) is 4.79 Å². The number of aryl methyl sites for hydroxylation is 1. The average molecular weight is 471 g/mol. The Bertz CT molecular complexity index is 1380. The van der Waals surface area contributed by atoms with E-state index in [1.807, 2.05) is 0 Å². The number of amides is 1. The van der Waals surface area contributed by atoms with Gasteiger partial charge in [0.15, 0.2) is 17.0 Å². The highest BCUT2D eigenvalue weighted by Crippen LogP contribution is 2.35. The van der Waals surface area contributed by atoms with Crippen molar-refractivity contribution in [3.8, 4) is 17.0 Å². The Morgan fingerprint density at radius 1 is 1.21 bits per heavy atom. The number of benzene rings is 1. The number of ether oxygens (including phenoxy) is 1. The van der Waals surface area contributed by atoms with Crippen molar-refractivity contribution in [2.45, 2.75) is 32.0 Å². The number of aromatic nitrogens is 4. The van der Waals surface area contributed by atoms with Crippen LogP contribution >= 0.6 is 0 Å². The highest BCUT2D eigenvalue weighted by Gasteiger charge is 2.37. The summed E-state index contributed by atoms with van der Waals surface area (Å²) in [5.74, 6) is 0.621. The largest absolute Gasteiger partial charge is 0.497 e. The van der Waals surface area contributed by atoms with Gasteiger partial charge in [-0.2, -0.15) is 18.3 Å². The summed E-state index contributed by atoms with van der Waals surface area (Å²) in [6.45, 7) is 2.20. The number of hydrogen-bond acceptors (Lipinski definition) is 6. The number of hydrogen-bond donors (Lipinski definition) is 0. The highest BCUT2D eigenvalue weighted by atomic mass is 19.4. The van der Waals surface area contributed by atoms with Gasteiger partial charge in [-0.25, -0.2) is 9.50 Å². The van der Waals surface area contributed by atoms with Gasteiger partial charge in [0.2, 0.25) is 0 Å². The molecule has 176 valence electrons. The molecule has 3 aromatic heterocycles. The van der Waals surface area contributed by atoms with Crippen LogP contribution in [-0.2, 0) is 6.18 Å². The molecule has 0 radical (unpaired) electrons. The van der Waals surface area contributed by atoms with Crippen molar-refractivity contribution in [2.75, 3.05) is 13.7 Å². The number of methoxy groups -OCH3 is 1.